The zero-order valence-electron chi connectivity index (χ0n) is 18.0. The molecule has 1 aromatic carbocycles. The van der Waals surface area contributed by atoms with Gasteiger partial charge >= 0.3 is 5.97 Å². The van der Waals surface area contributed by atoms with Crippen molar-refractivity contribution in [1.82, 2.24) is 10.2 Å². The second-order valence-corrected chi connectivity index (χ2v) is 9.04. The largest absolute Gasteiger partial charge is 0.452 e. The number of esters is 1. The molecule has 166 valence electrons. The lowest BCUT2D eigenvalue weighted by molar-refractivity contribution is -0.125. The fourth-order valence-electron chi connectivity index (χ4n) is 5.05. The highest BCUT2D eigenvalue weighted by atomic mass is 16.5. The summed E-state index contributed by atoms with van der Waals surface area (Å²) in [6, 6.07) is 4.47. The van der Waals surface area contributed by atoms with Gasteiger partial charge in [0.1, 0.15) is 0 Å². The van der Waals surface area contributed by atoms with Crippen LogP contribution in [-0.2, 0) is 9.53 Å². The first-order valence-corrected chi connectivity index (χ1v) is 11.4. The van der Waals surface area contributed by atoms with Gasteiger partial charge in [-0.1, -0.05) is 39.0 Å². The maximum absolute atomic E-state index is 12.9. The van der Waals surface area contributed by atoms with Crippen LogP contribution in [-0.4, -0.2) is 47.3 Å². The van der Waals surface area contributed by atoms with Crippen LogP contribution in [0, 0.1) is 5.92 Å². The van der Waals surface area contributed by atoms with Gasteiger partial charge in [-0.3, -0.25) is 19.3 Å². The van der Waals surface area contributed by atoms with Crippen LogP contribution in [0.15, 0.2) is 18.2 Å². The number of imide groups is 1. The average Bonchev–Trinajstić information content (AvgIpc) is 3.04. The summed E-state index contributed by atoms with van der Waals surface area (Å²) in [5.41, 5.74) is 0.742. The quantitative estimate of drug-likeness (QED) is 0.575. The zero-order chi connectivity index (χ0) is 22.0. The molecular weight excluding hydrogens is 396 g/mol. The first-order valence-electron chi connectivity index (χ1n) is 11.4. The van der Waals surface area contributed by atoms with Gasteiger partial charge in [0.25, 0.3) is 17.7 Å². The highest BCUT2D eigenvalue weighted by Crippen LogP contribution is 2.31. The lowest BCUT2D eigenvalue weighted by atomic mass is 9.86. The monoisotopic (exact) mass is 426 g/mol. The number of amides is 3. The number of ether oxygens (including phenoxy) is 1. The van der Waals surface area contributed by atoms with Crippen LogP contribution in [0.3, 0.4) is 0 Å². The SMILES string of the molecule is C[C@H]1CCCC[C@H]1NC(=O)COC(=O)c1ccc2c(c1)C(=O)N(C1CCCCC1)C2=O. The fourth-order valence-corrected chi connectivity index (χ4v) is 5.05. The van der Waals surface area contributed by atoms with E-state index in [2.05, 4.69) is 12.2 Å². The van der Waals surface area contributed by atoms with Gasteiger partial charge in [-0.15, -0.1) is 0 Å². The van der Waals surface area contributed by atoms with Crippen LogP contribution in [0.2, 0.25) is 0 Å². The van der Waals surface area contributed by atoms with Crippen molar-refractivity contribution >= 4 is 23.7 Å². The maximum atomic E-state index is 12.9. The molecule has 0 aromatic heterocycles. The Balaban J connectivity index is 1.37. The minimum atomic E-state index is -0.675. The third-order valence-corrected chi connectivity index (χ3v) is 6.89. The zero-order valence-corrected chi connectivity index (χ0v) is 18.0. The molecule has 7 nitrogen and oxygen atoms in total. The molecule has 1 aliphatic heterocycles. The van der Waals surface area contributed by atoms with Crippen molar-refractivity contribution in [3.05, 3.63) is 34.9 Å². The van der Waals surface area contributed by atoms with Crippen molar-refractivity contribution in [3.63, 3.8) is 0 Å². The van der Waals surface area contributed by atoms with Crippen molar-refractivity contribution < 1.29 is 23.9 Å². The number of hydrogen-bond acceptors (Lipinski definition) is 5. The Morgan fingerprint density at radius 2 is 1.65 bits per heavy atom. The van der Waals surface area contributed by atoms with Gasteiger partial charge in [0, 0.05) is 12.1 Å². The molecule has 1 aromatic rings. The van der Waals surface area contributed by atoms with Gasteiger partial charge in [0.15, 0.2) is 6.61 Å². The number of nitrogens with zero attached hydrogens (tertiary/aromatic N) is 1. The third kappa shape index (κ3) is 4.50. The molecule has 0 bridgehead atoms. The summed E-state index contributed by atoms with van der Waals surface area (Å²) in [4.78, 5) is 51.7. The minimum absolute atomic E-state index is 0.0672. The molecule has 2 aliphatic carbocycles. The maximum Gasteiger partial charge on any atom is 0.338 e. The van der Waals surface area contributed by atoms with Crippen molar-refractivity contribution in [1.29, 1.82) is 0 Å². The Morgan fingerprint density at radius 3 is 2.39 bits per heavy atom. The number of benzene rings is 1. The molecule has 2 saturated carbocycles. The van der Waals surface area contributed by atoms with E-state index in [1.807, 2.05) is 0 Å². The molecule has 4 rings (SSSR count). The van der Waals surface area contributed by atoms with Crippen LogP contribution >= 0.6 is 0 Å². The highest BCUT2D eigenvalue weighted by Gasteiger charge is 2.40. The predicted molar refractivity (Wildman–Crippen MR) is 114 cm³/mol. The highest BCUT2D eigenvalue weighted by molar-refractivity contribution is 6.22. The Bertz CT molecular complexity index is 890. The lowest BCUT2D eigenvalue weighted by Gasteiger charge is -2.29. The number of carbonyl (C=O) groups excluding carboxylic acids is 4. The first kappa shape index (κ1) is 21.5. The van der Waals surface area contributed by atoms with Gasteiger partial charge in [-0.2, -0.15) is 0 Å². The van der Waals surface area contributed by atoms with E-state index >= 15 is 0 Å². The summed E-state index contributed by atoms with van der Waals surface area (Å²) in [5, 5.41) is 2.95. The molecule has 0 spiro atoms. The van der Waals surface area contributed by atoms with Gasteiger partial charge in [0.05, 0.1) is 16.7 Å². The summed E-state index contributed by atoms with van der Waals surface area (Å²) < 4.78 is 5.17. The number of rotatable bonds is 5. The van der Waals surface area contributed by atoms with E-state index in [0.717, 1.165) is 51.4 Å². The van der Waals surface area contributed by atoms with Crippen LogP contribution < -0.4 is 5.32 Å². The van der Waals surface area contributed by atoms with Gasteiger partial charge < -0.3 is 10.1 Å². The normalized spacial score (nSPS) is 24.1. The lowest BCUT2D eigenvalue weighted by Crippen LogP contribution is -2.42. The van der Waals surface area contributed by atoms with Gasteiger partial charge in [0.2, 0.25) is 0 Å². The standard InChI is InChI=1S/C24H30N2O5/c1-15-7-5-6-10-20(15)25-21(27)14-31-24(30)16-11-12-18-19(13-16)23(29)26(22(18)28)17-8-3-2-4-9-17/h11-13,15,17,20H,2-10,14H2,1H3,(H,25,27)/t15-,20+/m0/s1. The van der Waals surface area contributed by atoms with Crippen LogP contribution in [0.1, 0.15) is 95.8 Å². The summed E-state index contributed by atoms with van der Waals surface area (Å²) in [7, 11) is 0. The molecule has 0 saturated heterocycles. The molecule has 0 unspecified atom stereocenters. The molecule has 7 heteroatoms. The fraction of sp³-hybridized carbons (Fsp3) is 0.583. The van der Waals surface area contributed by atoms with Crippen molar-refractivity contribution in [2.45, 2.75) is 76.8 Å². The summed E-state index contributed by atoms with van der Waals surface area (Å²) in [6.45, 7) is 1.76. The van der Waals surface area contributed by atoms with E-state index in [9.17, 15) is 19.2 Å². The molecule has 3 amide bonds. The van der Waals surface area contributed by atoms with Crippen molar-refractivity contribution in [2.24, 2.45) is 5.92 Å². The van der Waals surface area contributed by atoms with E-state index in [4.69, 9.17) is 4.74 Å². The molecular formula is C24H30N2O5. The van der Waals surface area contributed by atoms with E-state index in [-0.39, 0.29) is 47.5 Å². The van der Waals surface area contributed by atoms with Crippen LogP contribution in [0.5, 0.6) is 0 Å². The number of carbonyl (C=O) groups is 4. The molecule has 2 atom stereocenters. The smallest absolute Gasteiger partial charge is 0.338 e. The minimum Gasteiger partial charge on any atom is -0.452 e. The van der Waals surface area contributed by atoms with E-state index in [0.29, 0.717) is 11.5 Å². The van der Waals surface area contributed by atoms with E-state index in [1.165, 1.54) is 29.5 Å². The third-order valence-electron chi connectivity index (χ3n) is 6.89. The molecule has 31 heavy (non-hydrogen) atoms. The molecule has 1 heterocycles. The number of nitrogens with one attached hydrogen (secondary N) is 1. The second kappa shape index (κ2) is 9.20. The Labute approximate surface area is 182 Å². The number of hydrogen-bond donors (Lipinski definition) is 1. The van der Waals surface area contributed by atoms with Crippen molar-refractivity contribution in [2.75, 3.05) is 6.61 Å². The van der Waals surface area contributed by atoms with Gasteiger partial charge in [-0.05, 0) is 49.8 Å². The topological polar surface area (TPSA) is 92.8 Å². The molecule has 1 N–H and O–H groups in total. The Hall–Kier alpha value is -2.70. The molecule has 3 aliphatic rings. The molecule has 2 fully saturated rings. The molecule has 0 radical (unpaired) electrons. The predicted octanol–water partition coefficient (Wildman–Crippen LogP) is 3.47. The summed E-state index contributed by atoms with van der Waals surface area (Å²) in [6.07, 6.45) is 9.11. The summed E-state index contributed by atoms with van der Waals surface area (Å²) in [5.74, 6) is -1.20. The second-order valence-electron chi connectivity index (χ2n) is 9.04. The Morgan fingerprint density at radius 1 is 0.968 bits per heavy atom. The van der Waals surface area contributed by atoms with Gasteiger partial charge in [-0.25, -0.2) is 4.79 Å². The summed E-state index contributed by atoms with van der Waals surface area (Å²) >= 11 is 0. The van der Waals surface area contributed by atoms with E-state index < -0.39 is 5.97 Å². The average molecular weight is 427 g/mol. The first-order chi connectivity index (χ1) is 15.0. The van der Waals surface area contributed by atoms with Crippen molar-refractivity contribution in [3.8, 4) is 0 Å². The van der Waals surface area contributed by atoms with E-state index in [1.54, 1.807) is 0 Å². The van der Waals surface area contributed by atoms with Crippen LogP contribution in [0.4, 0.5) is 0 Å². The number of fused-ring (bicyclic) bond motifs is 1. The van der Waals surface area contributed by atoms with Crippen LogP contribution in [0.25, 0.3) is 0 Å². The Kier molecular flexibility index (Phi) is 6.39.